The summed E-state index contributed by atoms with van der Waals surface area (Å²) in [7, 11) is 0.429. The van der Waals surface area contributed by atoms with Gasteiger partial charge in [-0.15, -0.1) is 0 Å². The van der Waals surface area contributed by atoms with Gasteiger partial charge in [0.2, 0.25) is 10.0 Å². The maximum absolute atomic E-state index is 12.9. The standard InChI is InChI=1S/C17H23N3O2S/c1-20(2)15-10-4-3-9-14(15)19-23(21,22)16-11-5-7-13-8-6-12-18-17(13)16/h5-8,11-12,14-15,19H,3-4,9-10H2,1-2H3/t14-,15-/m0/s1. The number of rotatable bonds is 4. The topological polar surface area (TPSA) is 62.3 Å². The molecule has 0 saturated heterocycles. The number of pyridine rings is 1. The summed E-state index contributed by atoms with van der Waals surface area (Å²) < 4.78 is 28.8. The molecular weight excluding hydrogens is 310 g/mol. The number of likely N-dealkylation sites (N-methyl/N-ethyl adjacent to an activating group) is 1. The molecule has 2 aromatic rings. The Morgan fingerprint density at radius 3 is 2.65 bits per heavy atom. The van der Waals surface area contributed by atoms with E-state index in [-0.39, 0.29) is 17.0 Å². The molecule has 0 bridgehead atoms. The van der Waals surface area contributed by atoms with Crippen LogP contribution >= 0.6 is 0 Å². The number of fused-ring (bicyclic) bond motifs is 1. The van der Waals surface area contributed by atoms with Crippen molar-refractivity contribution in [2.75, 3.05) is 14.1 Å². The van der Waals surface area contributed by atoms with Crippen LogP contribution in [0.15, 0.2) is 41.4 Å². The summed E-state index contributed by atoms with van der Waals surface area (Å²) in [5.74, 6) is 0. The van der Waals surface area contributed by atoms with Gasteiger partial charge in [-0.1, -0.05) is 31.0 Å². The van der Waals surface area contributed by atoms with Gasteiger partial charge >= 0.3 is 0 Å². The minimum atomic E-state index is -3.59. The highest BCUT2D eigenvalue weighted by molar-refractivity contribution is 7.89. The number of aromatic nitrogens is 1. The van der Waals surface area contributed by atoms with Gasteiger partial charge < -0.3 is 4.90 Å². The minimum Gasteiger partial charge on any atom is -0.305 e. The zero-order valence-corrected chi connectivity index (χ0v) is 14.4. The van der Waals surface area contributed by atoms with Crippen LogP contribution in [0.1, 0.15) is 25.7 Å². The van der Waals surface area contributed by atoms with E-state index in [1.165, 1.54) is 0 Å². The second-order valence-electron chi connectivity index (χ2n) is 6.37. The van der Waals surface area contributed by atoms with Crippen molar-refractivity contribution in [1.82, 2.24) is 14.6 Å². The predicted octanol–water partition coefficient (Wildman–Crippen LogP) is 2.39. The van der Waals surface area contributed by atoms with E-state index >= 15 is 0 Å². The van der Waals surface area contributed by atoms with E-state index in [9.17, 15) is 8.42 Å². The van der Waals surface area contributed by atoms with E-state index in [2.05, 4.69) is 14.6 Å². The number of benzene rings is 1. The normalized spacial score (nSPS) is 22.6. The molecule has 1 aliphatic carbocycles. The SMILES string of the molecule is CN(C)[C@H]1CCCC[C@@H]1NS(=O)(=O)c1cccc2cccnc12. The highest BCUT2D eigenvalue weighted by atomic mass is 32.2. The molecule has 1 aromatic carbocycles. The molecular formula is C17H23N3O2S. The summed E-state index contributed by atoms with van der Waals surface area (Å²) in [6.07, 6.45) is 5.74. The molecule has 1 aliphatic rings. The summed E-state index contributed by atoms with van der Waals surface area (Å²) in [6, 6.07) is 9.16. The lowest BCUT2D eigenvalue weighted by Gasteiger charge is -2.36. The van der Waals surface area contributed by atoms with Gasteiger partial charge in [0, 0.05) is 23.7 Å². The largest absolute Gasteiger partial charge is 0.305 e. The van der Waals surface area contributed by atoms with E-state index in [1.54, 1.807) is 18.3 Å². The van der Waals surface area contributed by atoms with Crippen LogP contribution in [-0.4, -0.2) is 44.5 Å². The number of hydrogen-bond donors (Lipinski definition) is 1. The Balaban J connectivity index is 1.94. The van der Waals surface area contributed by atoms with Crippen molar-refractivity contribution >= 4 is 20.9 Å². The fourth-order valence-corrected chi connectivity index (χ4v) is 4.91. The highest BCUT2D eigenvalue weighted by Crippen LogP contribution is 2.25. The first-order chi connectivity index (χ1) is 11.0. The minimum absolute atomic E-state index is 0.0530. The van der Waals surface area contributed by atoms with Crippen LogP contribution in [0.2, 0.25) is 0 Å². The first kappa shape index (κ1) is 16.4. The van der Waals surface area contributed by atoms with Crippen LogP contribution < -0.4 is 4.72 Å². The smallest absolute Gasteiger partial charge is 0.243 e. The van der Waals surface area contributed by atoms with Crippen LogP contribution in [0.5, 0.6) is 0 Å². The Labute approximate surface area is 137 Å². The van der Waals surface area contributed by atoms with Gasteiger partial charge in [-0.2, -0.15) is 0 Å². The maximum atomic E-state index is 12.9. The molecule has 0 unspecified atom stereocenters. The molecule has 0 spiro atoms. The molecule has 3 rings (SSSR count). The third kappa shape index (κ3) is 3.39. The summed E-state index contributed by atoms with van der Waals surface area (Å²) in [6.45, 7) is 0. The fraction of sp³-hybridized carbons (Fsp3) is 0.471. The van der Waals surface area contributed by atoms with Crippen molar-refractivity contribution in [1.29, 1.82) is 0 Å². The van der Waals surface area contributed by atoms with Gasteiger partial charge in [0.25, 0.3) is 0 Å². The van der Waals surface area contributed by atoms with Crippen LogP contribution in [0.4, 0.5) is 0 Å². The van der Waals surface area contributed by atoms with Crippen LogP contribution in [0.3, 0.4) is 0 Å². The van der Waals surface area contributed by atoms with E-state index in [1.807, 2.05) is 32.3 Å². The maximum Gasteiger partial charge on any atom is 0.243 e. The van der Waals surface area contributed by atoms with Gasteiger partial charge in [0.15, 0.2) is 0 Å². The van der Waals surface area contributed by atoms with Gasteiger partial charge in [0.1, 0.15) is 4.90 Å². The molecule has 2 atom stereocenters. The number of nitrogens with zero attached hydrogens (tertiary/aromatic N) is 2. The molecule has 1 saturated carbocycles. The Hall–Kier alpha value is -1.50. The number of para-hydroxylation sites is 1. The molecule has 0 amide bonds. The van der Waals surface area contributed by atoms with Crippen molar-refractivity contribution in [3.8, 4) is 0 Å². The molecule has 1 N–H and O–H groups in total. The summed E-state index contributed by atoms with van der Waals surface area (Å²) in [5.41, 5.74) is 0.528. The molecule has 1 aromatic heterocycles. The molecule has 0 radical (unpaired) electrons. The first-order valence-electron chi connectivity index (χ1n) is 8.01. The Kier molecular flexibility index (Phi) is 4.66. The third-order valence-electron chi connectivity index (χ3n) is 4.58. The summed E-state index contributed by atoms with van der Waals surface area (Å²) in [5, 5.41) is 0.836. The van der Waals surface area contributed by atoms with Crippen molar-refractivity contribution in [2.24, 2.45) is 0 Å². The molecule has 1 heterocycles. The van der Waals surface area contributed by atoms with E-state index in [4.69, 9.17) is 0 Å². The molecule has 6 heteroatoms. The number of hydrogen-bond acceptors (Lipinski definition) is 4. The predicted molar refractivity (Wildman–Crippen MR) is 91.8 cm³/mol. The van der Waals surface area contributed by atoms with E-state index in [0.717, 1.165) is 31.1 Å². The van der Waals surface area contributed by atoms with Crippen LogP contribution in [0, 0.1) is 0 Å². The van der Waals surface area contributed by atoms with Crippen LogP contribution in [-0.2, 0) is 10.0 Å². The Morgan fingerprint density at radius 2 is 1.87 bits per heavy atom. The highest BCUT2D eigenvalue weighted by Gasteiger charge is 2.31. The lowest BCUT2D eigenvalue weighted by atomic mass is 9.90. The summed E-state index contributed by atoms with van der Waals surface area (Å²) >= 11 is 0. The molecule has 0 aliphatic heterocycles. The zero-order valence-electron chi connectivity index (χ0n) is 13.6. The molecule has 23 heavy (non-hydrogen) atoms. The molecule has 1 fully saturated rings. The number of nitrogens with one attached hydrogen (secondary N) is 1. The fourth-order valence-electron chi connectivity index (χ4n) is 3.42. The Morgan fingerprint density at radius 1 is 1.13 bits per heavy atom. The second kappa shape index (κ2) is 6.55. The first-order valence-corrected chi connectivity index (χ1v) is 9.50. The summed E-state index contributed by atoms with van der Waals surface area (Å²) in [4.78, 5) is 6.65. The molecule has 5 nitrogen and oxygen atoms in total. The quantitative estimate of drug-likeness (QED) is 0.933. The van der Waals surface area contributed by atoms with Gasteiger partial charge in [0.05, 0.1) is 5.52 Å². The van der Waals surface area contributed by atoms with E-state index < -0.39 is 10.0 Å². The van der Waals surface area contributed by atoms with Gasteiger partial charge in [-0.25, -0.2) is 13.1 Å². The Bertz CT molecular complexity index is 784. The third-order valence-corrected chi connectivity index (χ3v) is 6.11. The van der Waals surface area contributed by atoms with Crippen molar-refractivity contribution in [3.63, 3.8) is 0 Å². The van der Waals surface area contributed by atoms with E-state index in [0.29, 0.717) is 5.52 Å². The van der Waals surface area contributed by atoms with Gasteiger partial charge in [-0.05, 0) is 39.1 Å². The van der Waals surface area contributed by atoms with Crippen molar-refractivity contribution in [3.05, 3.63) is 36.5 Å². The van der Waals surface area contributed by atoms with Crippen molar-refractivity contribution < 1.29 is 8.42 Å². The number of sulfonamides is 1. The second-order valence-corrected chi connectivity index (χ2v) is 8.06. The zero-order chi connectivity index (χ0) is 16.4. The average Bonchev–Trinajstić information content (AvgIpc) is 2.54. The lowest BCUT2D eigenvalue weighted by molar-refractivity contribution is 0.191. The lowest BCUT2D eigenvalue weighted by Crippen LogP contribution is -2.50. The average molecular weight is 333 g/mol. The molecule has 124 valence electrons. The monoisotopic (exact) mass is 333 g/mol. The van der Waals surface area contributed by atoms with Crippen LogP contribution in [0.25, 0.3) is 10.9 Å². The van der Waals surface area contributed by atoms with Crippen molar-refractivity contribution in [2.45, 2.75) is 42.7 Å². The van der Waals surface area contributed by atoms with Gasteiger partial charge in [-0.3, -0.25) is 4.98 Å².